The fourth-order valence-electron chi connectivity index (χ4n) is 4.50. The van der Waals surface area contributed by atoms with Crippen LogP contribution in [0.2, 0.25) is 0 Å². The maximum atomic E-state index is 13.0. The van der Waals surface area contributed by atoms with Crippen molar-refractivity contribution in [2.75, 3.05) is 26.3 Å². The van der Waals surface area contributed by atoms with Crippen molar-refractivity contribution >= 4 is 21.8 Å². The van der Waals surface area contributed by atoms with E-state index in [1.807, 2.05) is 24.3 Å². The van der Waals surface area contributed by atoms with Gasteiger partial charge in [-0.3, -0.25) is 4.57 Å². The Morgan fingerprint density at radius 2 is 1.85 bits per heavy atom. The monoisotopic (exact) mass is 488 g/mol. The molecule has 1 saturated carbocycles. The molecule has 3 aromatic rings. The smallest absolute Gasteiger partial charge is 0.243 e. The van der Waals surface area contributed by atoms with Crippen LogP contribution in [0.4, 0.5) is 0 Å². The summed E-state index contributed by atoms with van der Waals surface area (Å²) in [6.07, 6.45) is 7.53. The number of nitrogens with zero attached hydrogens (tertiary/aromatic N) is 4. The molecule has 176 valence electrons. The number of morpholine rings is 1. The molecule has 0 spiro atoms. The van der Waals surface area contributed by atoms with Crippen LogP contribution in [-0.2, 0) is 20.5 Å². The maximum absolute atomic E-state index is 13.0. The first-order valence-electron chi connectivity index (χ1n) is 11.4. The van der Waals surface area contributed by atoms with E-state index >= 15 is 0 Å². The van der Waals surface area contributed by atoms with Crippen molar-refractivity contribution in [1.29, 1.82) is 0 Å². The highest BCUT2D eigenvalue weighted by molar-refractivity contribution is 7.98. The molecule has 33 heavy (non-hydrogen) atoms. The van der Waals surface area contributed by atoms with Crippen LogP contribution in [0.15, 0.2) is 57.1 Å². The molecule has 0 N–H and O–H groups in total. The molecular weight excluding hydrogens is 460 g/mol. The largest absolute Gasteiger partial charge is 0.461 e. The van der Waals surface area contributed by atoms with Gasteiger partial charge in [-0.15, -0.1) is 10.2 Å². The molecule has 0 atom stereocenters. The van der Waals surface area contributed by atoms with E-state index in [9.17, 15) is 8.42 Å². The number of hydrogen-bond acceptors (Lipinski definition) is 7. The topological polar surface area (TPSA) is 90.5 Å². The zero-order valence-corrected chi connectivity index (χ0v) is 20.1. The zero-order valence-electron chi connectivity index (χ0n) is 18.4. The summed E-state index contributed by atoms with van der Waals surface area (Å²) in [6, 6.07) is 11.3. The van der Waals surface area contributed by atoms with Crippen LogP contribution in [0.25, 0.3) is 11.6 Å². The molecule has 8 nitrogen and oxygen atoms in total. The van der Waals surface area contributed by atoms with Gasteiger partial charge in [0.2, 0.25) is 15.8 Å². The first-order chi connectivity index (χ1) is 16.1. The Balaban J connectivity index is 1.37. The lowest BCUT2D eigenvalue weighted by Crippen LogP contribution is -2.40. The van der Waals surface area contributed by atoms with E-state index in [-0.39, 0.29) is 0 Å². The van der Waals surface area contributed by atoms with Crippen molar-refractivity contribution in [1.82, 2.24) is 19.1 Å². The summed E-state index contributed by atoms with van der Waals surface area (Å²) in [7, 11) is -3.52. The van der Waals surface area contributed by atoms with E-state index in [0.29, 0.717) is 43.0 Å². The van der Waals surface area contributed by atoms with Gasteiger partial charge in [0.25, 0.3) is 0 Å². The van der Waals surface area contributed by atoms with Gasteiger partial charge in [-0.05, 0) is 42.7 Å². The van der Waals surface area contributed by atoms with Crippen molar-refractivity contribution < 1.29 is 17.6 Å². The Bertz CT molecular complexity index is 1170. The van der Waals surface area contributed by atoms with Crippen molar-refractivity contribution in [2.24, 2.45) is 0 Å². The Labute approximate surface area is 198 Å². The molecule has 0 unspecified atom stereocenters. The number of hydrogen-bond donors (Lipinski definition) is 0. The molecule has 2 fully saturated rings. The van der Waals surface area contributed by atoms with Crippen LogP contribution in [-0.4, -0.2) is 53.8 Å². The fourth-order valence-corrected chi connectivity index (χ4v) is 6.92. The van der Waals surface area contributed by atoms with Crippen LogP contribution < -0.4 is 0 Å². The lowest BCUT2D eigenvalue weighted by molar-refractivity contribution is 0.0730. The Kier molecular flexibility index (Phi) is 6.86. The predicted octanol–water partition coefficient (Wildman–Crippen LogP) is 4.36. The number of ether oxygens (including phenoxy) is 1. The molecule has 10 heteroatoms. The molecule has 3 heterocycles. The van der Waals surface area contributed by atoms with Crippen LogP contribution in [0.1, 0.15) is 43.7 Å². The van der Waals surface area contributed by atoms with Crippen LogP contribution in [0.3, 0.4) is 0 Å². The van der Waals surface area contributed by atoms with E-state index in [2.05, 4.69) is 14.8 Å². The molecule has 1 aromatic carbocycles. The minimum Gasteiger partial charge on any atom is -0.461 e. The molecule has 5 rings (SSSR count). The third kappa shape index (κ3) is 4.89. The lowest BCUT2D eigenvalue weighted by atomic mass is 9.95. The fraction of sp³-hybridized carbons (Fsp3) is 0.478. The molecule has 2 aromatic heterocycles. The van der Waals surface area contributed by atoms with Crippen molar-refractivity contribution in [3.8, 4) is 11.6 Å². The van der Waals surface area contributed by atoms with Crippen molar-refractivity contribution in [3.05, 3.63) is 48.2 Å². The number of furan rings is 1. The Hall–Kier alpha value is -2.14. The summed E-state index contributed by atoms with van der Waals surface area (Å²) in [5, 5.41) is 9.77. The molecule has 0 radical (unpaired) electrons. The molecule has 2 aliphatic rings. The average Bonchev–Trinajstić information content (AvgIpc) is 3.54. The highest BCUT2D eigenvalue weighted by Crippen LogP contribution is 2.36. The van der Waals surface area contributed by atoms with Crippen molar-refractivity contribution in [2.45, 2.75) is 54.0 Å². The molecule has 1 aliphatic heterocycles. The summed E-state index contributed by atoms with van der Waals surface area (Å²) in [6.45, 7) is 1.65. The molecule has 1 aliphatic carbocycles. The SMILES string of the molecule is O=S(=O)(c1cccc(CSc2nnc(-c3ccco3)n2C2CCCCC2)c1)N1CCOCC1. The summed E-state index contributed by atoms with van der Waals surface area (Å²) in [5.74, 6) is 2.09. The number of benzene rings is 1. The van der Waals surface area contributed by atoms with Gasteiger partial charge in [-0.2, -0.15) is 4.31 Å². The van der Waals surface area contributed by atoms with Crippen LogP contribution in [0, 0.1) is 0 Å². The van der Waals surface area contributed by atoms with Gasteiger partial charge in [-0.25, -0.2) is 8.42 Å². The summed E-state index contributed by atoms with van der Waals surface area (Å²) >= 11 is 1.59. The second-order valence-electron chi connectivity index (χ2n) is 8.40. The van der Waals surface area contributed by atoms with E-state index in [0.717, 1.165) is 35.1 Å². The normalized spacial score (nSPS) is 18.5. The van der Waals surface area contributed by atoms with Gasteiger partial charge < -0.3 is 9.15 Å². The van der Waals surface area contributed by atoms with Gasteiger partial charge >= 0.3 is 0 Å². The number of aromatic nitrogens is 3. The molecular formula is C23H28N4O4S2. The van der Waals surface area contributed by atoms with E-state index < -0.39 is 10.0 Å². The van der Waals surface area contributed by atoms with E-state index in [1.165, 1.54) is 23.6 Å². The third-order valence-electron chi connectivity index (χ3n) is 6.22. The van der Waals surface area contributed by atoms with Crippen LogP contribution >= 0.6 is 11.8 Å². The van der Waals surface area contributed by atoms with E-state index in [4.69, 9.17) is 9.15 Å². The van der Waals surface area contributed by atoms with Gasteiger partial charge in [-0.1, -0.05) is 43.2 Å². The van der Waals surface area contributed by atoms with E-state index in [1.54, 1.807) is 30.2 Å². The molecule has 0 bridgehead atoms. The lowest BCUT2D eigenvalue weighted by Gasteiger charge is -2.26. The number of thioether (sulfide) groups is 1. The summed E-state index contributed by atoms with van der Waals surface area (Å²) in [4.78, 5) is 0.326. The minimum atomic E-state index is -3.52. The van der Waals surface area contributed by atoms with Gasteiger partial charge in [0.15, 0.2) is 10.9 Å². The molecule has 0 amide bonds. The second-order valence-corrected chi connectivity index (χ2v) is 11.3. The molecule has 1 saturated heterocycles. The zero-order chi connectivity index (χ0) is 22.7. The highest BCUT2D eigenvalue weighted by atomic mass is 32.2. The first-order valence-corrected chi connectivity index (χ1v) is 13.8. The standard InChI is InChI=1S/C23H28N4O4S2/c28-33(29,26-11-14-30-15-12-26)20-9-4-6-18(16-20)17-32-23-25-24-22(21-10-5-13-31-21)27(23)19-7-2-1-3-8-19/h4-6,9-10,13,16,19H,1-3,7-8,11-12,14-15,17H2. The third-order valence-corrected chi connectivity index (χ3v) is 9.13. The minimum absolute atomic E-state index is 0.326. The van der Waals surface area contributed by atoms with Crippen LogP contribution in [0.5, 0.6) is 0 Å². The average molecular weight is 489 g/mol. The van der Waals surface area contributed by atoms with Crippen molar-refractivity contribution in [3.63, 3.8) is 0 Å². The maximum Gasteiger partial charge on any atom is 0.243 e. The quantitative estimate of drug-likeness (QED) is 0.457. The Morgan fingerprint density at radius 3 is 2.61 bits per heavy atom. The Morgan fingerprint density at radius 1 is 1.03 bits per heavy atom. The highest BCUT2D eigenvalue weighted by Gasteiger charge is 2.27. The van der Waals surface area contributed by atoms with Gasteiger partial charge in [0.1, 0.15) is 0 Å². The summed E-state index contributed by atoms with van der Waals surface area (Å²) in [5.41, 5.74) is 0.937. The predicted molar refractivity (Wildman–Crippen MR) is 125 cm³/mol. The summed E-state index contributed by atoms with van der Waals surface area (Å²) < 4.78 is 40.7. The number of sulfonamides is 1. The van der Waals surface area contributed by atoms with Gasteiger partial charge in [0.05, 0.1) is 24.4 Å². The number of rotatable bonds is 7. The van der Waals surface area contributed by atoms with Gasteiger partial charge in [0, 0.05) is 24.9 Å². The second kappa shape index (κ2) is 10.0. The first kappa shape index (κ1) is 22.6.